The van der Waals surface area contributed by atoms with E-state index in [1.807, 2.05) is 0 Å². The van der Waals surface area contributed by atoms with Crippen molar-refractivity contribution < 1.29 is 14.5 Å². The SMILES string of the molecule is O=C1S/C(=C\c2cccc(Cl)c2)C(=O)N1Cc1cccc([N+](=O)[O-])c1. The number of amides is 2. The molecule has 3 rings (SSSR count). The van der Waals surface area contributed by atoms with E-state index in [9.17, 15) is 19.7 Å². The quantitative estimate of drug-likeness (QED) is 0.447. The van der Waals surface area contributed by atoms with Crippen molar-refractivity contribution >= 4 is 46.3 Å². The lowest BCUT2D eigenvalue weighted by Gasteiger charge is -2.12. The van der Waals surface area contributed by atoms with Crippen LogP contribution in [0.1, 0.15) is 11.1 Å². The van der Waals surface area contributed by atoms with Gasteiger partial charge in [0.15, 0.2) is 0 Å². The molecule has 6 nitrogen and oxygen atoms in total. The monoisotopic (exact) mass is 374 g/mol. The minimum Gasteiger partial charge on any atom is -0.268 e. The Balaban J connectivity index is 1.82. The van der Waals surface area contributed by atoms with Crippen molar-refractivity contribution in [3.63, 3.8) is 0 Å². The molecule has 0 atom stereocenters. The Labute approximate surface area is 152 Å². The van der Waals surface area contributed by atoms with Crippen molar-refractivity contribution in [2.75, 3.05) is 0 Å². The largest absolute Gasteiger partial charge is 0.293 e. The van der Waals surface area contributed by atoms with Crippen LogP contribution >= 0.6 is 23.4 Å². The van der Waals surface area contributed by atoms with Gasteiger partial charge in [0.1, 0.15) is 0 Å². The van der Waals surface area contributed by atoms with Gasteiger partial charge in [0.2, 0.25) is 0 Å². The molecule has 0 N–H and O–H groups in total. The molecule has 0 bridgehead atoms. The lowest BCUT2D eigenvalue weighted by atomic mass is 10.2. The number of nitro benzene ring substituents is 1. The fraction of sp³-hybridized carbons (Fsp3) is 0.0588. The van der Waals surface area contributed by atoms with Crippen LogP contribution in [-0.4, -0.2) is 21.0 Å². The van der Waals surface area contributed by atoms with E-state index < -0.39 is 16.1 Å². The Morgan fingerprint density at radius 2 is 1.92 bits per heavy atom. The molecule has 2 amide bonds. The van der Waals surface area contributed by atoms with E-state index in [0.717, 1.165) is 16.7 Å². The summed E-state index contributed by atoms with van der Waals surface area (Å²) in [5.74, 6) is -0.429. The Kier molecular flexibility index (Phi) is 4.87. The van der Waals surface area contributed by atoms with Crippen LogP contribution in [0.3, 0.4) is 0 Å². The van der Waals surface area contributed by atoms with Crippen molar-refractivity contribution in [3.8, 4) is 0 Å². The lowest BCUT2D eigenvalue weighted by molar-refractivity contribution is -0.384. The average molecular weight is 375 g/mol. The van der Waals surface area contributed by atoms with E-state index in [2.05, 4.69) is 0 Å². The van der Waals surface area contributed by atoms with Gasteiger partial charge >= 0.3 is 0 Å². The molecular weight excluding hydrogens is 364 g/mol. The number of halogens is 1. The summed E-state index contributed by atoms with van der Waals surface area (Å²) in [6.45, 7) is -0.0147. The zero-order chi connectivity index (χ0) is 18.0. The van der Waals surface area contributed by atoms with E-state index in [-0.39, 0.29) is 17.1 Å². The van der Waals surface area contributed by atoms with E-state index in [4.69, 9.17) is 11.6 Å². The number of carbonyl (C=O) groups excluding carboxylic acids is 2. The number of hydrogen-bond acceptors (Lipinski definition) is 5. The number of imide groups is 1. The first-order valence-electron chi connectivity index (χ1n) is 7.18. The van der Waals surface area contributed by atoms with Crippen LogP contribution in [-0.2, 0) is 11.3 Å². The van der Waals surface area contributed by atoms with E-state index in [1.54, 1.807) is 36.4 Å². The maximum Gasteiger partial charge on any atom is 0.293 e. The number of benzene rings is 2. The minimum atomic E-state index is -0.518. The van der Waals surface area contributed by atoms with Gasteiger partial charge in [0.25, 0.3) is 16.8 Å². The lowest BCUT2D eigenvalue weighted by Crippen LogP contribution is -2.27. The van der Waals surface area contributed by atoms with Crippen LogP contribution in [0.15, 0.2) is 53.4 Å². The second-order valence-corrected chi connectivity index (χ2v) is 6.68. The second kappa shape index (κ2) is 7.08. The topological polar surface area (TPSA) is 80.5 Å². The van der Waals surface area contributed by atoms with Crippen LogP contribution in [0, 0.1) is 10.1 Å². The average Bonchev–Trinajstić information content (AvgIpc) is 2.83. The number of nitro groups is 1. The number of nitrogens with zero attached hydrogens (tertiary/aromatic N) is 2. The fourth-order valence-corrected chi connectivity index (χ4v) is 3.37. The molecule has 0 saturated carbocycles. The third kappa shape index (κ3) is 3.89. The van der Waals surface area contributed by atoms with E-state index in [1.165, 1.54) is 18.2 Å². The molecule has 2 aromatic rings. The molecule has 1 aliphatic rings. The van der Waals surface area contributed by atoms with Crippen molar-refractivity contribution in [2.45, 2.75) is 6.54 Å². The molecule has 0 aliphatic carbocycles. The fourth-order valence-electron chi connectivity index (χ4n) is 2.33. The van der Waals surface area contributed by atoms with Gasteiger partial charge in [-0.15, -0.1) is 0 Å². The van der Waals surface area contributed by atoms with Crippen LogP contribution in [0.5, 0.6) is 0 Å². The van der Waals surface area contributed by atoms with Gasteiger partial charge in [-0.25, -0.2) is 0 Å². The third-order valence-corrected chi connectivity index (χ3v) is 4.62. The molecule has 8 heteroatoms. The normalized spacial score (nSPS) is 15.9. The first-order chi connectivity index (χ1) is 11.9. The van der Waals surface area contributed by atoms with Crippen molar-refractivity contribution in [3.05, 3.63) is 79.7 Å². The third-order valence-electron chi connectivity index (χ3n) is 3.48. The summed E-state index contributed by atoms with van der Waals surface area (Å²) in [6.07, 6.45) is 1.60. The number of rotatable bonds is 4. The van der Waals surface area contributed by atoms with Gasteiger partial charge < -0.3 is 0 Å². The molecule has 1 fully saturated rings. The van der Waals surface area contributed by atoms with Crippen LogP contribution < -0.4 is 0 Å². The first-order valence-corrected chi connectivity index (χ1v) is 8.38. The Morgan fingerprint density at radius 3 is 2.64 bits per heavy atom. The molecule has 1 saturated heterocycles. The Bertz CT molecular complexity index is 913. The summed E-state index contributed by atoms with van der Waals surface area (Å²) in [5, 5.41) is 11.0. The number of hydrogen-bond donors (Lipinski definition) is 0. The summed E-state index contributed by atoms with van der Waals surface area (Å²) in [4.78, 5) is 36.3. The van der Waals surface area contributed by atoms with Gasteiger partial charge in [0.05, 0.1) is 16.4 Å². The van der Waals surface area contributed by atoms with E-state index in [0.29, 0.717) is 16.1 Å². The molecule has 0 radical (unpaired) electrons. The highest BCUT2D eigenvalue weighted by atomic mass is 35.5. The summed E-state index contributed by atoms with van der Waals surface area (Å²) in [6, 6.07) is 12.8. The highest BCUT2D eigenvalue weighted by Gasteiger charge is 2.35. The molecule has 126 valence electrons. The summed E-state index contributed by atoms with van der Waals surface area (Å²) < 4.78 is 0. The van der Waals surface area contributed by atoms with Crippen LogP contribution in [0.25, 0.3) is 6.08 Å². The molecule has 0 aromatic heterocycles. The van der Waals surface area contributed by atoms with Crippen LogP contribution in [0.4, 0.5) is 10.5 Å². The Morgan fingerprint density at radius 1 is 1.16 bits per heavy atom. The molecule has 0 unspecified atom stereocenters. The standard InChI is InChI=1S/C17H11ClN2O4S/c18-13-5-1-3-11(7-13)9-15-16(21)19(17(22)25-15)10-12-4-2-6-14(8-12)20(23)24/h1-9H,10H2/b15-9-. The predicted molar refractivity (Wildman–Crippen MR) is 96.1 cm³/mol. The second-order valence-electron chi connectivity index (χ2n) is 5.25. The molecule has 0 spiro atoms. The molecular formula is C17H11ClN2O4S. The highest BCUT2D eigenvalue weighted by molar-refractivity contribution is 8.18. The van der Waals surface area contributed by atoms with Crippen molar-refractivity contribution in [1.29, 1.82) is 0 Å². The Hall–Kier alpha value is -2.64. The summed E-state index contributed by atoms with van der Waals surface area (Å²) in [7, 11) is 0. The highest BCUT2D eigenvalue weighted by Crippen LogP contribution is 2.33. The minimum absolute atomic E-state index is 0.0147. The molecule has 1 heterocycles. The van der Waals surface area contributed by atoms with Gasteiger partial charge in [-0.2, -0.15) is 0 Å². The molecule has 1 aliphatic heterocycles. The van der Waals surface area contributed by atoms with Gasteiger partial charge in [0, 0.05) is 17.2 Å². The number of carbonyl (C=O) groups is 2. The van der Waals surface area contributed by atoms with E-state index >= 15 is 0 Å². The van der Waals surface area contributed by atoms with Gasteiger partial charge in [-0.3, -0.25) is 24.6 Å². The first kappa shape index (κ1) is 17.2. The zero-order valence-corrected chi connectivity index (χ0v) is 14.3. The smallest absolute Gasteiger partial charge is 0.268 e. The van der Waals surface area contributed by atoms with Gasteiger partial charge in [-0.1, -0.05) is 35.9 Å². The molecule has 25 heavy (non-hydrogen) atoms. The zero-order valence-electron chi connectivity index (χ0n) is 12.7. The summed E-state index contributed by atoms with van der Waals surface area (Å²) in [5.41, 5.74) is 1.15. The summed E-state index contributed by atoms with van der Waals surface area (Å²) >= 11 is 6.75. The maximum atomic E-state index is 12.5. The van der Waals surface area contributed by atoms with Crippen LogP contribution in [0.2, 0.25) is 5.02 Å². The maximum absolute atomic E-state index is 12.5. The molecule has 2 aromatic carbocycles. The van der Waals surface area contributed by atoms with Crippen molar-refractivity contribution in [1.82, 2.24) is 4.90 Å². The predicted octanol–water partition coefficient (Wildman–Crippen LogP) is 4.48. The van der Waals surface area contributed by atoms with Crippen molar-refractivity contribution in [2.24, 2.45) is 0 Å². The van der Waals surface area contributed by atoms with Gasteiger partial charge in [-0.05, 0) is 41.1 Å². The number of thioether (sulfide) groups is 1. The number of non-ortho nitro benzene ring substituents is 1.